The zero-order valence-electron chi connectivity index (χ0n) is 13.9. The molecule has 4 rings (SSSR count). The van der Waals surface area contributed by atoms with Gasteiger partial charge in [0.25, 0.3) is 0 Å². The average Bonchev–Trinajstić information content (AvgIpc) is 3.24. The van der Waals surface area contributed by atoms with Gasteiger partial charge in [-0.2, -0.15) is 5.06 Å². The summed E-state index contributed by atoms with van der Waals surface area (Å²) in [4.78, 5) is 5.88. The number of hydrogen-bond acceptors (Lipinski definition) is 6. The molecule has 0 aliphatic carbocycles. The van der Waals surface area contributed by atoms with Crippen LogP contribution in [0.5, 0.6) is 0 Å². The average molecular weight is 393 g/mol. The fraction of sp³-hybridized carbons (Fsp3) is 0.333. The third-order valence-electron chi connectivity index (χ3n) is 4.94. The van der Waals surface area contributed by atoms with Gasteiger partial charge < -0.3 is 0 Å². The Morgan fingerprint density at radius 2 is 1.35 bits per heavy atom. The molecule has 8 heteroatoms. The molecule has 2 aliphatic rings. The molecule has 2 aromatic rings. The highest BCUT2D eigenvalue weighted by molar-refractivity contribution is 7.96. The van der Waals surface area contributed by atoms with Crippen LogP contribution in [0, 0.1) is 0 Å². The van der Waals surface area contributed by atoms with Crippen molar-refractivity contribution in [3.05, 3.63) is 60.7 Å². The summed E-state index contributed by atoms with van der Waals surface area (Å²) in [5, 5.41) is 0.383. The van der Waals surface area contributed by atoms with Crippen LogP contribution in [0.2, 0.25) is 0 Å². The summed E-state index contributed by atoms with van der Waals surface area (Å²) in [6.07, 6.45) is 1.38. The van der Waals surface area contributed by atoms with E-state index < -0.39 is 36.4 Å². The Bertz CT molecular complexity index is 990. The lowest BCUT2D eigenvalue weighted by Crippen LogP contribution is -2.42. The molecule has 0 unspecified atom stereocenters. The maximum atomic E-state index is 13.3. The largest absolute Gasteiger partial charge is 0.277 e. The lowest BCUT2D eigenvalue weighted by atomic mass is 10.2. The van der Waals surface area contributed by atoms with Gasteiger partial charge >= 0.3 is 0 Å². The Hall–Kier alpha value is -1.74. The molecule has 0 saturated carbocycles. The molecule has 26 heavy (non-hydrogen) atoms. The van der Waals surface area contributed by atoms with Crippen LogP contribution >= 0.6 is 0 Å². The molecule has 138 valence electrons. The number of nitrogens with zero attached hydrogens (tertiary/aromatic N) is 1. The molecule has 2 fully saturated rings. The molecule has 2 heterocycles. The van der Waals surface area contributed by atoms with Crippen molar-refractivity contribution in [2.24, 2.45) is 0 Å². The van der Waals surface area contributed by atoms with E-state index in [0.717, 1.165) is 6.42 Å². The van der Waals surface area contributed by atoms with Gasteiger partial charge in [0.05, 0.1) is 15.8 Å². The van der Waals surface area contributed by atoms with E-state index in [4.69, 9.17) is 4.84 Å². The molecule has 0 radical (unpaired) electrons. The van der Waals surface area contributed by atoms with E-state index in [1.54, 1.807) is 36.4 Å². The van der Waals surface area contributed by atoms with Gasteiger partial charge in [-0.1, -0.05) is 36.4 Å². The van der Waals surface area contributed by atoms with Crippen LogP contribution in [0.1, 0.15) is 12.8 Å². The predicted molar refractivity (Wildman–Crippen MR) is 95.6 cm³/mol. The Morgan fingerprint density at radius 3 is 1.92 bits per heavy atom. The molecule has 2 aromatic carbocycles. The highest BCUT2D eigenvalue weighted by Gasteiger charge is 2.57. The predicted octanol–water partition coefficient (Wildman–Crippen LogP) is 2.04. The summed E-state index contributed by atoms with van der Waals surface area (Å²) in [6, 6.07) is 15.4. The maximum absolute atomic E-state index is 13.3. The first kappa shape index (κ1) is 17.7. The topological polar surface area (TPSA) is 80.8 Å². The third kappa shape index (κ3) is 2.77. The molecule has 0 bridgehead atoms. The van der Waals surface area contributed by atoms with E-state index in [9.17, 15) is 16.8 Å². The van der Waals surface area contributed by atoms with Crippen molar-refractivity contribution in [1.29, 1.82) is 0 Å². The lowest BCUT2D eigenvalue weighted by molar-refractivity contribution is -0.125. The summed E-state index contributed by atoms with van der Waals surface area (Å²) in [6.45, 7) is 0.534. The van der Waals surface area contributed by atoms with Crippen molar-refractivity contribution in [3.8, 4) is 0 Å². The number of hydroxylamine groups is 2. The van der Waals surface area contributed by atoms with Crippen molar-refractivity contribution < 1.29 is 21.7 Å². The van der Waals surface area contributed by atoms with Gasteiger partial charge in [0.2, 0.25) is 15.3 Å². The molecule has 0 N–H and O–H groups in total. The van der Waals surface area contributed by atoms with Gasteiger partial charge in [-0.05, 0) is 37.1 Å². The summed E-state index contributed by atoms with van der Waals surface area (Å²) in [7, 11) is -7.84. The Kier molecular flexibility index (Phi) is 4.38. The van der Waals surface area contributed by atoms with Gasteiger partial charge in [0.1, 0.15) is 5.25 Å². The van der Waals surface area contributed by atoms with Gasteiger partial charge in [-0.25, -0.2) is 16.8 Å². The van der Waals surface area contributed by atoms with Crippen LogP contribution in [-0.2, 0) is 24.5 Å². The molecule has 2 saturated heterocycles. The molecule has 3 atom stereocenters. The van der Waals surface area contributed by atoms with Crippen molar-refractivity contribution >= 4 is 19.7 Å². The number of sulfone groups is 2. The summed E-state index contributed by atoms with van der Waals surface area (Å²) in [5.74, 6) is 0. The zero-order valence-corrected chi connectivity index (χ0v) is 15.6. The van der Waals surface area contributed by atoms with E-state index in [-0.39, 0.29) is 9.79 Å². The molecule has 0 aromatic heterocycles. The SMILES string of the molecule is O=S(=O)(c1ccccc1)[C@@H]1[C@H](S(=O)(=O)c2ccccc2)ON2CCC[C@@H]12. The first-order valence-corrected chi connectivity index (χ1v) is 11.5. The van der Waals surface area contributed by atoms with E-state index in [1.807, 2.05) is 0 Å². The Morgan fingerprint density at radius 1 is 0.808 bits per heavy atom. The summed E-state index contributed by atoms with van der Waals surface area (Å²) >= 11 is 0. The number of rotatable bonds is 4. The minimum Gasteiger partial charge on any atom is -0.277 e. The van der Waals surface area contributed by atoms with Crippen LogP contribution < -0.4 is 0 Å². The zero-order chi connectivity index (χ0) is 18.4. The molecule has 0 amide bonds. The molecular formula is C18H19NO5S2. The molecule has 6 nitrogen and oxygen atoms in total. The number of hydrogen-bond donors (Lipinski definition) is 0. The monoisotopic (exact) mass is 393 g/mol. The van der Waals surface area contributed by atoms with Crippen molar-refractivity contribution in [2.75, 3.05) is 6.54 Å². The minimum absolute atomic E-state index is 0.0689. The van der Waals surface area contributed by atoms with Crippen LogP contribution in [0.25, 0.3) is 0 Å². The normalized spacial score (nSPS) is 26.7. The Labute approximate surface area is 153 Å². The fourth-order valence-corrected chi connectivity index (χ4v) is 8.02. The quantitative estimate of drug-likeness (QED) is 0.791. The summed E-state index contributed by atoms with van der Waals surface area (Å²) in [5.41, 5.74) is -1.44. The first-order valence-electron chi connectivity index (χ1n) is 8.44. The van der Waals surface area contributed by atoms with Crippen molar-refractivity contribution in [1.82, 2.24) is 5.06 Å². The second-order valence-corrected chi connectivity index (χ2v) is 10.6. The highest BCUT2D eigenvalue weighted by atomic mass is 32.2. The van der Waals surface area contributed by atoms with Gasteiger partial charge in [-0.3, -0.25) is 4.84 Å². The molecule has 0 spiro atoms. The van der Waals surface area contributed by atoms with E-state index >= 15 is 0 Å². The molecule has 2 aliphatic heterocycles. The van der Waals surface area contributed by atoms with Gasteiger partial charge in [0, 0.05) is 6.54 Å². The fourth-order valence-electron chi connectivity index (χ4n) is 3.70. The smallest absolute Gasteiger partial charge is 0.208 e. The second-order valence-electron chi connectivity index (χ2n) is 6.50. The van der Waals surface area contributed by atoms with Crippen LogP contribution in [-0.4, -0.2) is 45.2 Å². The second kappa shape index (κ2) is 6.45. The Balaban J connectivity index is 1.82. The van der Waals surface area contributed by atoms with Crippen molar-refractivity contribution in [3.63, 3.8) is 0 Å². The minimum atomic E-state index is -3.96. The number of benzene rings is 2. The van der Waals surface area contributed by atoms with Gasteiger partial charge in [0.15, 0.2) is 9.84 Å². The van der Waals surface area contributed by atoms with E-state index in [1.165, 1.54) is 29.3 Å². The first-order chi connectivity index (χ1) is 12.4. The lowest BCUT2D eigenvalue weighted by Gasteiger charge is -2.21. The van der Waals surface area contributed by atoms with Crippen LogP contribution in [0.4, 0.5) is 0 Å². The van der Waals surface area contributed by atoms with Crippen LogP contribution in [0.15, 0.2) is 70.5 Å². The standard InChI is InChI=1S/C18H19NO5S2/c20-25(21,14-8-3-1-4-9-14)17-16-12-7-13-19(16)24-18(17)26(22,23)15-10-5-2-6-11-15/h1-6,8-11,16-18H,7,12-13H2/t16-,17-,18-/m0/s1. The maximum Gasteiger partial charge on any atom is 0.208 e. The van der Waals surface area contributed by atoms with Crippen molar-refractivity contribution in [2.45, 2.75) is 39.4 Å². The van der Waals surface area contributed by atoms with Gasteiger partial charge in [-0.15, -0.1) is 0 Å². The van der Waals surface area contributed by atoms with E-state index in [0.29, 0.717) is 13.0 Å². The molecular weight excluding hydrogens is 374 g/mol. The van der Waals surface area contributed by atoms with Crippen LogP contribution in [0.3, 0.4) is 0 Å². The van der Waals surface area contributed by atoms with E-state index in [2.05, 4.69) is 0 Å². The third-order valence-corrected chi connectivity index (χ3v) is 9.24. The summed E-state index contributed by atoms with van der Waals surface area (Å²) < 4.78 is 52.9. The highest BCUT2D eigenvalue weighted by Crippen LogP contribution is 2.40. The number of fused-ring (bicyclic) bond motifs is 1.